The lowest BCUT2D eigenvalue weighted by molar-refractivity contribution is 0.103. The molecular formula is C18H20O4. The number of carbonyl (C=O) groups is 1. The number of hydrogen-bond acceptors (Lipinski definition) is 4. The average Bonchev–Trinajstić information content (AvgIpc) is 2.51. The smallest absolute Gasteiger partial charge is 0.203 e. The maximum atomic E-state index is 12.7. The Hall–Kier alpha value is -2.49. The molecule has 0 bridgehead atoms. The summed E-state index contributed by atoms with van der Waals surface area (Å²) in [6, 6.07) is 9.12. The first-order valence-electron chi connectivity index (χ1n) is 6.93. The molecule has 0 aliphatic carbocycles. The van der Waals surface area contributed by atoms with Gasteiger partial charge in [-0.05, 0) is 38.1 Å². The van der Waals surface area contributed by atoms with Gasteiger partial charge in [-0.2, -0.15) is 0 Å². The van der Waals surface area contributed by atoms with E-state index in [-0.39, 0.29) is 5.78 Å². The molecule has 0 saturated heterocycles. The second-order valence-corrected chi connectivity index (χ2v) is 5.12. The number of ether oxygens (including phenoxy) is 3. The minimum atomic E-state index is -0.0777. The van der Waals surface area contributed by atoms with Gasteiger partial charge in [0.2, 0.25) is 5.75 Å². The van der Waals surface area contributed by atoms with Gasteiger partial charge in [0, 0.05) is 11.1 Å². The number of methoxy groups -OCH3 is 3. The van der Waals surface area contributed by atoms with Crippen LogP contribution in [0.1, 0.15) is 27.0 Å². The van der Waals surface area contributed by atoms with Crippen LogP contribution in [0.4, 0.5) is 0 Å². The third kappa shape index (κ3) is 3.06. The van der Waals surface area contributed by atoms with Gasteiger partial charge in [-0.15, -0.1) is 0 Å². The minimum Gasteiger partial charge on any atom is -0.493 e. The van der Waals surface area contributed by atoms with E-state index in [1.807, 2.05) is 32.0 Å². The first-order valence-corrected chi connectivity index (χ1v) is 6.93. The van der Waals surface area contributed by atoms with Crippen molar-refractivity contribution >= 4 is 5.78 Å². The third-order valence-electron chi connectivity index (χ3n) is 3.41. The van der Waals surface area contributed by atoms with Crippen molar-refractivity contribution in [3.05, 3.63) is 52.6 Å². The van der Waals surface area contributed by atoms with E-state index in [1.165, 1.54) is 21.3 Å². The Balaban J connectivity index is 2.54. The van der Waals surface area contributed by atoms with Crippen molar-refractivity contribution < 1.29 is 19.0 Å². The van der Waals surface area contributed by atoms with Crippen LogP contribution < -0.4 is 14.2 Å². The summed E-state index contributed by atoms with van der Waals surface area (Å²) in [6.07, 6.45) is 0. The highest BCUT2D eigenvalue weighted by molar-refractivity contribution is 6.09. The van der Waals surface area contributed by atoms with E-state index in [9.17, 15) is 4.79 Å². The maximum Gasteiger partial charge on any atom is 0.203 e. The molecular weight excluding hydrogens is 280 g/mol. The van der Waals surface area contributed by atoms with Gasteiger partial charge in [-0.25, -0.2) is 0 Å². The summed E-state index contributed by atoms with van der Waals surface area (Å²) in [6.45, 7) is 3.94. The second kappa shape index (κ2) is 6.52. The molecule has 0 heterocycles. The van der Waals surface area contributed by atoms with E-state index in [0.717, 1.165) is 11.1 Å². The molecule has 0 saturated carbocycles. The van der Waals surface area contributed by atoms with Gasteiger partial charge in [0.25, 0.3) is 0 Å². The summed E-state index contributed by atoms with van der Waals surface area (Å²) in [5.41, 5.74) is 3.25. The fraction of sp³-hybridized carbons (Fsp3) is 0.278. The lowest BCUT2D eigenvalue weighted by Crippen LogP contribution is -2.05. The zero-order valence-corrected chi connectivity index (χ0v) is 13.5. The summed E-state index contributed by atoms with van der Waals surface area (Å²) < 4.78 is 15.9. The van der Waals surface area contributed by atoms with Crippen LogP contribution in [0.25, 0.3) is 0 Å². The SMILES string of the molecule is COc1cc(C(=O)c2cc(C)cc(C)c2)cc(OC)c1OC. The van der Waals surface area contributed by atoms with Crippen molar-refractivity contribution in [1.29, 1.82) is 0 Å². The molecule has 0 fully saturated rings. The molecule has 2 aromatic carbocycles. The van der Waals surface area contributed by atoms with Crippen molar-refractivity contribution in [2.45, 2.75) is 13.8 Å². The molecule has 22 heavy (non-hydrogen) atoms. The van der Waals surface area contributed by atoms with Gasteiger partial charge in [0.1, 0.15) is 0 Å². The first-order chi connectivity index (χ1) is 10.5. The monoisotopic (exact) mass is 300 g/mol. The van der Waals surface area contributed by atoms with E-state index >= 15 is 0 Å². The van der Waals surface area contributed by atoms with Gasteiger partial charge < -0.3 is 14.2 Å². The third-order valence-corrected chi connectivity index (χ3v) is 3.41. The molecule has 4 nitrogen and oxygen atoms in total. The van der Waals surface area contributed by atoms with Crippen LogP contribution in [-0.2, 0) is 0 Å². The molecule has 0 unspecified atom stereocenters. The van der Waals surface area contributed by atoms with Crippen LogP contribution in [0.2, 0.25) is 0 Å². The average molecular weight is 300 g/mol. The normalized spacial score (nSPS) is 10.2. The molecule has 2 aromatic rings. The molecule has 0 spiro atoms. The Morgan fingerprint density at radius 3 is 1.59 bits per heavy atom. The molecule has 4 heteroatoms. The van der Waals surface area contributed by atoms with Crippen LogP contribution in [0, 0.1) is 13.8 Å². The number of benzene rings is 2. The number of hydrogen-bond donors (Lipinski definition) is 0. The summed E-state index contributed by atoms with van der Waals surface area (Å²) in [5, 5.41) is 0. The number of carbonyl (C=O) groups excluding carboxylic acids is 1. The van der Waals surface area contributed by atoms with Gasteiger partial charge in [-0.3, -0.25) is 4.79 Å². The van der Waals surface area contributed by atoms with Crippen LogP contribution in [0.15, 0.2) is 30.3 Å². The number of ketones is 1. The zero-order chi connectivity index (χ0) is 16.3. The van der Waals surface area contributed by atoms with Gasteiger partial charge in [0.05, 0.1) is 21.3 Å². The van der Waals surface area contributed by atoms with Crippen LogP contribution in [0.5, 0.6) is 17.2 Å². The summed E-state index contributed by atoms with van der Waals surface area (Å²) in [4.78, 5) is 12.7. The van der Waals surface area contributed by atoms with Gasteiger partial charge in [-0.1, -0.05) is 17.2 Å². The van der Waals surface area contributed by atoms with Gasteiger partial charge in [0.15, 0.2) is 17.3 Å². The van der Waals surface area contributed by atoms with E-state index in [4.69, 9.17) is 14.2 Å². The van der Waals surface area contributed by atoms with Crippen molar-refractivity contribution in [3.8, 4) is 17.2 Å². The van der Waals surface area contributed by atoms with Crippen molar-refractivity contribution in [3.63, 3.8) is 0 Å². The number of rotatable bonds is 5. The highest BCUT2D eigenvalue weighted by Gasteiger charge is 2.18. The predicted molar refractivity (Wildman–Crippen MR) is 85.4 cm³/mol. The Morgan fingerprint density at radius 1 is 0.727 bits per heavy atom. The van der Waals surface area contributed by atoms with E-state index < -0.39 is 0 Å². The van der Waals surface area contributed by atoms with E-state index in [0.29, 0.717) is 28.4 Å². The molecule has 0 aromatic heterocycles. The predicted octanol–water partition coefficient (Wildman–Crippen LogP) is 3.56. The summed E-state index contributed by atoms with van der Waals surface area (Å²) >= 11 is 0. The molecule has 0 atom stereocenters. The van der Waals surface area contributed by atoms with Crippen molar-refractivity contribution in [1.82, 2.24) is 0 Å². The number of aryl methyl sites for hydroxylation is 2. The molecule has 0 N–H and O–H groups in total. The molecule has 0 aliphatic heterocycles. The lowest BCUT2D eigenvalue weighted by Gasteiger charge is -2.14. The highest BCUT2D eigenvalue weighted by Crippen LogP contribution is 2.38. The van der Waals surface area contributed by atoms with E-state index in [1.54, 1.807) is 12.1 Å². The minimum absolute atomic E-state index is 0.0777. The van der Waals surface area contributed by atoms with Crippen LogP contribution in [0.3, 0.4) is 0 Å². The topological polar surface area (TPSA) is 44.8 Å². The Bertz CT molecular complexity index is 659. The molecule has 0 amide bonds. The Labute approximate surface area is 130 Å². The quantitative estimate of drug-likeness (QED) is 0.792. The Kier molecular flexibility index (Phi) is 4.71. The van der Waals surface area contributed by atoms with Crippen molar-refractivity contribution in [2.24, 2.45) is 0 Å². The fourth-order valence-corrected chi connectivity index (χ4v) is 2.48. The first kappa shape index (κ1) is 15.9. The standard InChI is InChI=1S/C18H20O4/c1-11-6-12(2)8-13(7-11)17(19)14-9-15(20-3)18(22-5)16(10-14)21-4/h6-10H,1-5H3. The van der Waals surface area contributed by atoms with Gasteiger partial charge >= 0.3 is 0 Å². The summed E-state index contributed by atoms with van der Waals surface area (Å²) in [7, 11) is 4.59. The van der Waals surface area contributed by atoms with Crippen LogP contribution in [-0.4, -0.2) is 27.1 Å². The second-order valence-electron chi connectivity index (χ2n) is 5.12. The van der Waals surface area contributed by atoms with E-state index in [2.05, 4.69) is 0 Å². The molecule has 0 aliphatic rings. The summed E-state index contributed by atoms with van der Waals surface area (Å²) in [5.74, 6) is 1.33. The van der Waals surface area contributed by atoms with Crippen molar-refractivity contribution in [2.75, 3.05) is 21.3 Å². The lowest BCUT2D eigenvalue weighted by atomic mass is 9.99. The molecule has 2 rings (SSSR count). The Morgan fingerprint density at radius 2 is 1.18 bits per heavy atom. The maximum absolute atomic E-state index is 12.7. The van der Waals surface area contributed by atoms with Crippen LogP contribution >= 0.6 is 0 Å². The zero-order valence-electron chi connectivity index (χ0n) is 13.5. The largest absolute Gasteiger partial charge is 0.493 e. The molecule has 116 valence electrons. The highest BCUT2D eigenvalue weighted by atomic mass is 16.5. The molecule has 0 radical (unpaired) electrons. The fourth-order valence-electron chi connectivity index (χ4n) is 2.48.